The lowest BCUT2D eigenvalue weighted by molar-refractivity contribution is -0.128. The van der Waals surface area contributed by atoms with Gasteiger partial charge in [0, 0.05) is 33.6 Å². The molecular formula is C32H31N3O3S. The summed E-state index contributed by atoms with van der Waals surface area (Å²) in [6.45, 7) is 3.46. The van der Waals surface area contributed by atoms with Gasteiger partial charge < -0.3 is 10.3 Å². The maximum absolute atomic E-state index is 13.8. The number of hydrogen-bond acceptors (Lipinski definition) is 5. The Balaban J connectivity index is 1.56. The fourth-order valence-electron chi connectivity index (χ4n) is 4.87. The Hall–Kier alpha value is -4.04. The van der Waals surface area contributed by atoms with E-state index in [1.807, 2.05) is 67.6 Å². The minimum atomic E-state index is -0.523. The first-order valence-corrected chi connectivity index (χ1v) is 13.9. The second kappa shape index (κ2) is 11.8. The van der Waals surface area contributed by atoms with Crippen LogP contribution in [0.1, 0.15) is 39.2 Å². The predicted octanol–water partition coefficient (Wildman–Crippen LogP) is 6.36. The number of carbonyl (C=O) groups is 2. The second-order valence-electron chi connectivity index (χ2n) is 9.69. The molecule has 0 aliphatic carbocycles. The number of hydroxylamine groups is 1. The van der Waals surface area contributed by atoms with Gasteiger partial charge in [0.25, 0.3) is 0 Å². The lowest BCUT2D eigenvalue weighted by Gasteiger charge is -2.11. The Morgan fingerprint density at radius 3 is 2.41 bits per heavy atom. The van der Waals surface area contributed by atoms with Gasteiger partial charge in [-0.05, 0) is 61.2 Å². The van der Waals surface area contributed by atoms with Crippen LogP contribution in [0.15, 0.2) is 84.9 Å². The second-order valence-corrected chi connectivity index (χ2v) is 10.7. The van der Waals surface area contributed by atoms with Gasteiger partial charge in [0.05, 0.1) is 11.3 Å². The lowest BCUT2D eigenvalue weighted by atomic mass is 10.0. The Morgan fingerprint density at radius 2 is 1.69 bits per heavy atom. The standard InChI is InChI=1S/C32H31N3O3S/c1-21-9-11-23(12-10-21)32-26(20-30(36)34-38)19-29(39-32)31(37)25-14-13-24-17-27(22-7-3-2-4-8-22)35(28(24)18-25)16-6-5-15-33/h2-4,7-14,17-19,38H,5-6,15-16,20,33H2,1H3,(H,34,36). The maximum atomic E-state index is 13.8. The highest BCUT2D eigenvalue weighted by molar-refractivity contribution is 7.17. The van der Waals surface area contributed by atoms with E-state index in [2.05, 4.69) is 22.8 Å². The molecule has 2 heterocycles. The molecule has 0 atom stereocenters. The predicted molar refractivity (Wildman–Crippen MR) is 157 cm³/mol. The van der Waals surface area contributed by atoms with Crippen molar-refractivity contribution < 1.29 is 14.8 Å². The molecule has 7 heteroatoms. The third-order valence-electron chi connectivity index (χ3n) is 6.89. The van der Waals surface area contributed by atoms with E-state index in [-0.39, 0.29) is 12.2 Å². The van der Waals surface area contributed by atoms with Crippen LogP contribution in [0.4, 0.5) is 0 Å². The van der Waals surface area contributed by atoms with Gasteiger partial charge in [-0.3, -0.25) is 14.8 Å². The van der Waals surface area contributed by atoms with Gasteiger partial charge >= 0.3 is 0 Å². The number of benzene rings is 3. The van der Waals surface area contributed by atoms with Crippen molar-refractivity contribution in [2.24, 2.45) is 5.73 Å². The first-order chi connectivity index (χ1) is 19.0. The lowest BCUT2D eigenvalue weighted by Crippen LogP contribution is -2.20. The van der Waals surface area contributed by atoms with Gasteiger partial charge in [0.2, 0.25) is 11.7 Å². The normalized spacial score (nSPS) is 11.2. The van der Waals surface area contributed by atoms with E-state index < -0.39 is 5.91 Å². The number of nitrogens with zero attached hydrogens (tertiary/aromatic N) is 1. The monoisotopic (exact) mass is 537 g/mol. The molecule has 0 aliphatic rings. The van der Waals surface area contributed by atoms with Gasteiger partial charge in [0.1, 0.15) is 0 Å². The topological polar surface area (TPSA) is 97.4 Å². The first kappa shape index (κ1) is 26.6. The average Bonchev–Trinajstić information content (AvgIpc) is 3.55. The van der Waals surface area contributed by atoms with Crippen LogP contribution in [0.25, 0.3) is 32.6 Å². The molecule has 1 amide bonds. The molecule has 0 fully saturated rings. The first-order valence-electron chi connectivity index (χ1n) is 13.0. The maximum Gasteiger partial charge on any atom is 0.247 e. The van der Waals surface area contributed by atoms with Crippen LogP contribution in [-0.4, -0.2) is 28.0 Å². The highest BCUT2D eigenvalue weighted by Gasteiger charge is 2.20. The molecular weight excluding hydrogens is 506 g/mol. The van der Waals surface area contributed by atoms with Gasteiger partial charge in [-0.25, -0.2) is 5.48 Å². The molecule has 5 rings (SSSR count). The Labute approximate surface area is 231 Å². The largest absolute Gasteiger partial charge is 0.340 e. The molecule has 0 unspecified atom stereocenters. The molecule has 0 saturated heterocycles. The van der Waals surface area contributed by atoms with E-state index in [0.717, 1.165) is 57.6 Å². The molecule has 0 radical (unpaired) electrons. The highest BCUT2D eigenvalue weighted by atomic mass is 32.1. The van der Waals surface area contributed by atoms with E-state index in [0.29, 0.717) is 22.5 Å². The molecule has 4 N–H and O–H groups in total. The molecule has 3 aromatic carbocycles. The number of aryl methyl sites for hydroxylation is 2. The number of amides is 1. The van der Waals surface area contributed by atoms with E-state index in [1.54, 1.807) is 11.5 Å². The minimum Gasteiger partial charge on any atom is -0.340 e. The number of carbonyl (C=O) groups excluding carboxylic acids is 2. The van der Waals surface area contributed by atoms with Crippen LogP contribution in [-0.2, 0) is 17.8 Å². The van der Waals surface area contributed by atoms with Crippen LogP contribution in [0, 0.1) is 6.92 Å². The number of ketones is 1. The van der Waals surface area contributed by atoms with Crippen molar-refractivity contribution in [1.29, 1.82) is 0 Å². The minimum absolute atomic E-state index is 0.0209. The summed E-state index contributed by atoms with van der Waals surface area (Å²) in [7, 11) is 0. The van der Waals surface area contributed by atoms with Crippen molar-refractivity contribution in [2.75, 3.05) is 6.54 Å². The summed E-state index contributed by atoms with van der Waals surface area (Å²) in [5, 5.41) is 10.2. The highest BCUT2D eigenvalue weighted by Crippen LogP contribution is 2.36. The van der Waals surface area contributed by atoms with Crippen molar-refractivity contribution in [1.82, 2.24) is 10.0 Å². The quantitative estimate of drug-likeness (QED) is 0.0835. The van der Waals surface area contributed by atoms with Gasteiger partial charge in [-0.2, -0.15) is 0 Å². The number of unbranched alkanes of at least 4 members (excludes halogenated alkanes) is 1. The average molecular weight is 538 g/mol. The van der Waals surface area contributed by atoms with Crippen LogP contribution in [0.3, 0.4) is 0 Å². The fraction of sp³-hybridized carbons (Fsp3) is 0.188. The smallest absolute Gasteiger partial charge is 0.247 e. The van der Waals surface area contributed by atoms with Crippen LogP contribution >= 0.6 is 11.3 Å². The zero-order valence-corrected chi connectivity index (χ0v) is 22.6. The molecule has 6 nitrogen and oxygen atoms in total. The molecule has 0 spiro atoms. The SMILES string of the molecule is Cc1ccc(-c2sc(C(=O)c3ccc4cc(-c5ccccc5)n(CCCCN)c4c3)cc2CC(=O)NO)cc1. The van der Waals surface area contributed by atoms with Crippen molar-refractivity contribution in [3.05, 3.63) is 106 Å². The van der Waals surface area contributed by atoms with Crippen molar-refractivity contribution in [3.8, 4) is 21.7 Å². The summed E-state index contributed by atoms with van der Waals surface area (Å²) >= 11 is 1.37. The molecule has 198 valence electrons. The zero-order valence-electron chi connectivity index (χ0n) is 21.8. The third kappa shape index (κ3) is 5.71. The fourth-order valence-corrected chi connectivity index (χ4v) is 6.02. The Kier molecular flexibility index (Phi) is 8.02. The van der Waals surface area contributed by atoms with Crippen LogP contribution in [0.2, 0.25) is 0 Å². The Bertz CT molecular complexity index is 1620. The number of hydrogen-bond donors (Lipinski definition) is 3. The number of nitrogens with two attached hydrogens (primary N) is 1. The summed E-state index contributed by atoms with van der Waals surface area (Å²) in [6.07, 6.45) is 1.85. The molecule has 39 heavy (non-hydrogen) atoms. The van der Waals surface area contributed by atoms with Crippen LogP contribution in [0.5, 0.6) is 0 Å². The van der Waals surface area contributed by atoms with Gasteiger partial charge in [0.15, 0.2) is 0 Å². The van der Waals surface area contributed by atoms with Crippen molar-refractivity contribution >= 4 is 33.9 Å². The van der Waals surface area contributed by atoms with E-state index in [9.17, 15) is 9.59 Å². The number of fused-ring (bicyclic) bond motifs is 1. The summed E-state index contributed by atoms with van der Waals surface area (Å²) in [6, 6.07) is 28.0. The summed E-state index contributed by atoms with van der Waals surface area (Å²) < 4.78 is 2.28. The number of thiophene rings is 1. The zero-order chi connectivity index (χ0) is 27.4. The molecule has 0 aliphatic heterocycles. The van der Waals surface area contributed by atoms with Crippen LogP contribution < -0.4 is 11.2 Å². The van der Waals surface area contributed by atoms with E-state index in [1.165, 1.54) is 11.3 Å². The van der Waals surface area contributed by atoms with Crippen molar-refractivity contribution in [3.63, 3.8) is 0 Å². The molecule has 5 aromatic rings. The molecule has 0 bridgehead atoms. The number of aromatic nitrogens is 1. The van der Waals surface area contributed by atoms with Gasteiger partial charge in [-0.15, -0.1) is 11.3 Å². The number of rotatable bonds is 10. The summed E-state index contributed by atoms with van der Waals surface area (Å²) in [5.74, 6) is -0.618. The Morgan fingerprint density at radius 1 is 0.923 bits per heavy atom. The molecule has 2 aromatic heterocycles. The summed E-state index contributed by atoms with van der Waals surface area (Å²) in [5.41, 5.74) is 14.1. The third-order valence-corrected chi connectivity index (χ3v) is 8.12. The number of nitrogens with one attached hydrogen (secondary N) is 1. The van der Waals surface area contributed by atoms with Gasteiger partial charge in [-0.1, -0.05) is 72.3 Å². The summed E-state index contributed by atoms with van der Waals surface area (Å²) in [4.78, 5) is 27.2. The van der Waals surface area contributed by atoms with E-state index in [4.69, 9.17) is 10.9 Å². The van der Waals surface area contributed by atoms with E-state index >= 15 is 0 Å². The van der Waals surface area contributed by atoms with Crippen molar-refractivity contribution in [2.45, 2.75) is 32.7 Å². The molecule has 0 saturated carbocycles.